The number of fused-ring (bicyclic) bond motifs is 2. The average Bonchev–Trinajstić information content (AvgIpc) is 3.47. The van der Waals surface area contributed by atoms with Gasteiger partial charge in [0.15, 0.2) is 0 Å². The van der Waals surface area contributed by atoms with Crippen molar-refractivity contribution in [3.63, 3.8) is 0 Å². The summed E-state index contributed by atoms with van der Waals surface area (Å²) in [6.45, 7) is 3.97. The highest BCUT2D eigenvalue weighted by Crippen LogP contribution is 2.23. The zero-order chi connectivity index (χ0) is 31.9. The second-order valence-corrected chi connectivity index (χ2v) is 10.9. The summed E-state index contributed by atoms with van der Waals surface area (Å²) in [5.74, 6) is 0. The van der Waals surface area contributed by atoms with E-state index in [1.165, 1.54) is 12.1 Å². The fourth-order valence-corrected chi connectivity index (χ4v) is 5.23. The van der Waals surface area contributed by atoms with E-state index in [1.54, 1.807) is 48.5 Å². The summed E-state index contributed by atoms with van der Waals surface area (Å²) in [7, 11) is 0. The molecule has 0 saturated heterocycles. The minimum atomic E-state index is -0.584. The molecule has 0 N–H and O–H groups in total. The fourth-order valence-electron chi connectivity index (χ4n) is 5.23. The highest BCUT2D eigenvalue weighted by molar-refractivity contribution is 5.98. The van der Waals surface area contributed by atoms with Gasteiger partial charge in [-0.3, -0.25) is 19.2 Å². The zero-order valence-corrected chi connectivity index (χ0v) is 24.7. The van der Waals surface area contributed by atoms with E-state index in [2.05, 4.69) is 20.5 Å². The Balaban J connectivity index is 1.20. The van der Waals surface area contributed by atoms with Gasteiger partial charge in [0.1, 0.15) is 0 Å². The molecule has 10 nitrogen and oxygen atoms in total. The Labute approximate surface area is 260 Å². The van der Waals surface area contributed by atoms with E-state index >= 15 is 0 Å². The number of rotatable bonds is 6. The summed E-state index contributed by atoms with van der Waals surface area (Å²) in [4.78, 5) is 53.7. The van der Waals surface area contributed by atoms with Crippen LogP contribution in [0.25, 0.3) is 32.9 Å². The van der Waals surface area contributed by atoms with Crippen LogP contribution < -0.4 is 22.2 Å². The van der Waals surface area contributed by atoms with Gasteiger partial charge in [0, 0.05) is 0 Å². The van der Waals surface area contributed by atoms with Crippen LogP contribution in [0.1, 0.15) is 11.1 Å². The fraction of sp³-hybridized carbons (Fsp3) is 0.0556. The molecule has 2 heterocycles. The number of nitrogens with zero attached hydrogens (tertiary/aromatic N) is 6. The number of hydrogen-bond donors (Lipinski definition) is 0. The first kappa shape index (κ1) is 28.4. The number of aryl methyl sites for hydroxylation is 2. The maximum Gasteiger partial charge on any atom is 0.266 e. The van der Waals surface area contributed by atoms with Gasteiger partial charge < -0.3 is 0 Å². The molecule has 46 heavy (non-hydrogen) atoms. The molecule has 7 aromatic rings. The first-order valence-corrected chi connectivity index (χ1v) is 14.4. The van der Waals surface area contributed by atoms with Gasteiger partial charge in [0.05, 0.1) is 55.7 Å². The lowest BCUT2D eigenvalue weighted by Gasteiger charge is -2.01. The Morgan fingerprint density at radius 2 is 0.609 bits per heavy atom. The average molecular weight is 605 g/mol. The third-order valence-corrected chi connectivity index (χ3v) is 7.74. The highest BCUT2D eigenvalue weighted by Gasteiger charge is 2.21. The molecule has 10 heteroatoms. The number of azo groups is 2. The highest BCUT2D eigenvalue weighted by atomic mass is 16.2. The molecule has 0 amide bonds. The van der Waals surface area contributed by atoms with Gasteiger partial charge in [-0.05, 0) is 98.8 Å². The number of hydrogen-bond acceptors (Lipinski definition) is 8. The topological polar surface area (TPSA) is 128 Å². The minimum absolute atomic E-state index is 0.0572. The van der Waals surface area contributed by atoms with Gasteiger partial charge in [-0.15, -0.1) is 0 Å². The van der Waals surface area contributed by atoms with Crippen molar-refractivity contribution in [2.45, 2.75) is 13.8 Å². The molecule has 0 aliphatic rings. The van der Waals surface area contributed by atoms with Gasteiger partial charge >= 0.3 is 0 Å². The molecule has 222 valence electrons. The Hall–Kier alpha value is -6.42. The Morgan fingerprint density at radius 3 is 0.870 bits per heavy atom. The van der Waals surface area contributed by atoms with E-state index in [-0.39, 0.29) is 21.5 Å². The predicted molar refractivity (Wildman–Crippen MR) is 178 cm³/mol. The molecule has 2 aromatic heterocycles. The van der Waals surface area contributed by atoms with Gasteiger partial charge in [-0.1, -0.05) is 35.4 Å². The van der Waals surface area contributed by atoms with Crippen molar-refractivity contribution in [3.8, 4) is 11.4 Å². The zero-order valence-electron chi connectivity index (χ0n) is 24.7. The Kier molecular flexibility index (Phi) is 6.94. The summed E-state index contributed by atoms with van der Waals surface area (Å²) in [5, 5.41) is 17.1. The smallest absolute Gasteiger partial charge is 0.266 e. The third kappa shape index (κ3) is 5.07. The number of benzene rings is 5. The SMILES string of the molecule is Cc1ccc(N=Nc2ccc(-n3c(=O)c4cc5c(=O)n(-c6ccc(N=Nc7ccc(C)cc7)cc6)c(=O)c5cc4c3=O)cc2)cc1. The van der Waals surface area contributed by atoms with Crippen LogP contribution in [0.5, 0.6) is 0 Å². The van der Waals surface area contributed by atoms with Gasteiger partial charge in [0.2, 0.25) is 0 Å². The van der Waals surface area contributed by atoms with E-state index in [0.717, 1.165) is 20.3 Å². The molecule has 0 bridgehead atoms. The van der Waals surface area contributed by atoms with Crippen LogP contribution in [-0.2, 0) is 0 Å². The van der Waals surface area contributed by atoms with E-state index in [4.69, 9.17) is 0 Å². The van der Waals surface area contributed by atoms with Crippen LogP contribution in [0.15, 0.2) is 149 Å². The largest absolute Gasteiger partial charge is 0.268 e. The second-order valence-electron chi connectivity index (χ2n) is 10.9. The lowest BCUT2D eigenvalue weighted by molar-refractivity contribution is 0.987. The Morgan fingerprint density at radius 1 is 0.370 bits per heavy atom. The van der Waals surface area contributed by atoms with Crippen molar-refractivity contribution in [1.82, 2.24) is 9.13 Å². The maximum absolute atomic E-state index is 13.4. The predicted octanol–water partition coefficient (Wildman–Crippen LogP) is 7.34. The van der Waals surface area contributed by atoms with Crippen LogP contribution >= 0.6 is 0 Å². The summed E-state index contributed by atoms with van der Waals surface area (Å²) in [6, 6.07) is 30.8. The Bertz CT molecular complexity index is 2280. The molecule has 7 rings (SSSR count). The second kappa shape index (κ2) is 11.3. The molecule has 0 aliphatic carbocycles. The monoisotopic (exact) mass is 604 g/mol. The standard InChI is InChI=1S/C36H24N6O4/c1-21-3-7-23(8-4-21)37-39-25-11-15-27(16-12-25)41-33(43)29-19-31-32(20-30(29)34(41)44)36(46)42(35(31)45)28-17-13-26(14-18-28)40-38-24-9-5-22(2)6-10-24/h3-20H,1-2H3. The molecule has 0 fully saturated rings. The van der Waals surface area contributed by atoms with Gasteiger partial charge in [-0.2, -0.15) is 20.5 Å². The third-order valence-electron chi connectivity index (χ3n) is 7.74. The summed E-state index contributed by atoms with van der Waals surface area (Å²) in [5.41, 5.74) is 3.03. The molecule has 0 spiro atoms. The summed E-state index contributed by atoms with van der Waals surface area (Å²) in [6.07, 6.45) is 0. The van der Waals surface area contributed by atoms with Crippen molar-refractivity contribution in [2.75, 3.05) is 0 Å². The van der Waals surface area contributed by atoms with E-state index in [1.807, 2.05) is 62.4 Å². The van der Waals surface area contributed by atoms with Crippen LogP contribution in [0.4, 0.5) is 22.7 Å². The molecular formula is C36H24N6O4. The van der Waals surface area contributed by atoms with Crippen molar-refractivity contribution < 1.29 is 0 Å². The lowest BCUT2D eigenvalue weighted by Crippen LogP contribution is -2.24. The van der Waals surface area contributed by atoms with E-state index in [9.17, 15) is 19.2 Å². The van der Waals surface area contributed by atoms with Crippen molar-refractivity contribution in [1.29, 1.82) is 0 Å². The van der Waals surface area contributed by atoms with Crippen LogP contribution in [0.3, 0.4) is 0 Å². The number of aromatic nitrogens is 2. The van der Waals surface area contributed by atoms with Crippen molar-refractivity contribution in [3.05, 3.63) is 162 Å². The van der Waals surface area contributed by atoms with Crippen LogP contribution in [0.2, 0.25) is 0 Å². The first-order valence-electron chi connectivity index (χ1n) is 14.4. The molecule has 5 aromatic carbocycles. The molecule has 0 saturated carbocycles. The van der Waals surface area contributed by atoms with Crippen LogP contribution in [0, 0.1) is 13.8 Å². The lowest BCUT2D eigenvalue weighted by atomic mass is 10.1. The van der Waals surface area contributed by atoms with Gasteiger partial charge in [0.25, 0.3) is 22.2 Å². The quantitative estimate of drug-likeness (QED) is 0.184. The summed E-state index contributed by atoms with van der Waals surface area (Å²) < 4.78 is 2.05. The molecule has 0 unspecified atom stereocenters. The van der Waals surface area contributed by atoms with Crippen molar-refractivity contribution >= 4 is 44.3 Å². The molecule has 0 atom stereocenters. The van der Waals surface area contributed by atoms with Crippen LogP contribution in [-0.4, -0.2) is 9.13 Å². The van der Waals surface area contributed by atoms with E-state index < -0.39 is 22.2 Å². The summed E-state index contributed by atoms with van der Waals surface area (Å²) >= 11 is 0. The molecule has 0 radical (unpaired) electrons. The normalized spacial score (nSPS) is 11.9. The molecular weight excluding hydrogens is 580 g/mol. The van der Waals surface area contributed by atoms with E-state index in [0.29, 0.717) is 34.1 Å². The maximum atomic E-state index is 13.4. The van der Waals surface area contributed by atoms with Gasteiger partial charge in [-0.25, -0.2) is 9.13 Å². The van der Waals surface area contributed by atoms with Crippen molar-refractivity contribution in [2.24, 2.45) is 20.5 Å². The molecule has 0 aliphatic heterocycles. The minimum Gasteiger partial charge on any atom is -0.268 e. The first-order chi connectivity index (χ1) is 22.3.